The van der Waals surface area contributed by atoms with Gasteiger partial charge in [0.25, 0.3) is 0 Å². The Labute approximate surface area is 142 Å². The zero-order valence-corrected chi connectivity index (χ0v) is 14.5. The van der Waals surface area contributed by atoms with Gasteiger partial charge in [0.05, 0.1) is 5.41 Å². The number of nitrogens with one attached hydrogen (secondary N) is 1. The predicted octanol–water partition coefficient (Wildman–Crippen LogP) is 4.67. The maximum atomic E-state index is 12.0. The van der Waals surface area contributed by atoms with Crippen LogP contribution in [0.4, 0.5) is 0 Å². The van der Waals surface area contributed by atoms with Crippen molar-refractivity contribution in [3.8, 4) is 11.5 Å². The van der Waals surface area contributed by atoms with Crippen LogP contribution in [0, 0.1) is 12.3 Å². The van der Waals surface area contributed by atoms with Gasteiger partial charge in [-0.15, -0.1) is 11.6 Å². The molecule has 1 amide bonds. The maximum absolute atomic E-state index is 12.0. The van der Waals surface area contributed by atoms with Crippen LogP contribution in [0.1, 0.15) is 25.0 Å². The maximum Gasteiger partial charge on any atom is 0.227 e. The minimum Gasteiger partial charge on any atom is -0.457 e. The molecule has 0 fully saturated rings. The Hall–Kier alpha value is -2.00. The minimum absolute atomic E-state index is 0.0484. The third-order valence-electron chi connectivity index (χ3n) is 3.65. The molecule has 0 unspecified atom stereocenters. The Kier molecular flexibility index (Phi) is 5.67. The molecule has 0 aliphatic carbocycles. The smallest absolute Gasteiger partial charge is 0.227 e. The summed E-state index contributed by atoms with van der Waals surface area (Å²) in [7, 11) is 0. The monoisotopic (exact) mass is 331 g/mol. The molecule has 4 heteroatoms. The molecule has 2 rings (SSSR count). The van der Waals surface area contributed by atoms with E-state index in [1.807, 2.05) is 69.3 Å². The lowest BCUT2D eigenvalue weighted by molar-refractivity contribution is -0.128. The quantitative estimate of drug-likeness (QED) is 0.781. The SMILES string of the molecule is Cc1ccccc1Oc1ccc(CNC(=O)C(C)(C)CCl)cc1. The second-order valence-corrected chi connectivity index (χ2v) is 6.48. The number of carbonyl (C=O) groups is 1. The normalized spacial score (nSPS) is 11.1. The standard InChI is InChI=1S/C19H22ClNO2/c1-14-6-4-5-7-17(14)23-16-10-8-15(9-11-16)12-21-18(22)19(2,3)13-20/h4-11H,12-13H2,1-3H3,(H,21,22). The average molecular weight is 332 g/mol. The number of halogens is 1. The number of aryl methyl sites for hydroxylation is 1. The number of hydrogen-bond donors (Lipinski definition) is 1. The molecule has 0 aliphatic rings. The number of hydrogen-bond acceptors (Lipinski definition) is 2. The minimum atomic E-state index is -0.560. The summed E-state index contributed by atoms with van der Waals surface area (Å²) in [5.74, 6) is 1.86. The summed E-state index contributed by atoms with van der Waals surface area (Å²) >= 11 is 5.80. The molecule has 0 saturated carbocycles. The summed E-state index contributed by atoms with van der Waals surface area (Å²) in [4.78, 5) is 12.0. The largest absolute Gasteiger partial charge is 0.457 e. The lowest BCUT2D eigenvalue weighted by atomic mass is 9.95. The van der Waals surface area contributed by atoms with Gasteiger partial charge >= 0.3 is 0 Å². The predicted molar refractivity (Wildman–Crippen MR) is 94.0 cm³/mol. The van der Waals surface area contributed by atoms with E-state index in [0.29, 0.717) is 12.4 Å². The summed E-state index contributed by atoms with van der Waals surface area (Å²) < 4.78 is 5.86. The fourth-order valence-corrected chi connectivity index (χ4v) is 2.08. The van der Waals surface area contributed by atoms with Gasteiger partial charge in [0.2, 0.25) is 5.91 Å². The molecule has 2 aromatic rings. The van der Waals surface area contributed by atoms with E-state index < -0.39 is 5.41 Å². The molecule has 2 aromatic carbocycles. The highest BCUT2D eigenvalue weighted by atomic mass is 35.5. The molecule has 0 bridgehead atoms. The van der Waals surface area contributed by atoms with E-state index in [4.69, 9.17) is 16.3 Å². The second-order valence-electron chi connectivity index (χ2n) is 6.21. The number of amides is 1. The Morgan fingerprint density at radius 2 is 1.78 bits per heavy atom. The molecular formula is C19H22ClNO2. The van der Waals surface area contributed by atoms with Gasteiger partial charge in [0, 0.05) is 12.4 Å². The van der Waals surface area contributed by atoms with Crippen LogP contribution in [0.3, 0.4) is 0 Å². The molecular weight excluding hydrogens is 310 g/mol. The lowest BCUT2D eigenvalue weighted by Crippen LogP contribution is -2.37. The van der Waals surface area contributed by atoms with Crippen molar-refractivity contribution < 1.29 is 9.53 Å². The van der Waals surface area contributed by atoms with Crippen LogP contribution in [-0.2, 0) is 11.3 Å². The number of carbonyl (C=O) groups excluding carboxylic acids is 1. The number of alkyl halides is 1. The molecule has 0 atom stereocenters. The first-order chi connectivity index (χ1) is 10.9. The van der Waals surface area contributed by atoms with Crippen LogP contribution in [-0.4, -0.2) is 11.8 Å². The van der Waals surface area contributed by atoms with E-state index in [9.17, 15) is 4.79 Å². The molecule has 1 N–H and O–H groups in total. The highest BCUT2D eigenvalue weighted by Crippen LogP contribution is 2.24. The van der Waals surface area contributed by atoms with E-state index >= 15 is 0 Å². The van der Waals surface area contributed by atoms with Gasteiger partial charge in [-0.05, 0) is 50.1 Å². The number of ether oxygens (including phenoxy) is 1. The van der Waals surface area contributed by atoms with Crippen molar-refractivity contribution in [1.29, 1.82) is 0 Å². The van der Waals surface area contributed by atoms with Crippen LogP contribution in [0.25, 0.3) is 0 Å². The zero-order chi connectivity index (χ0) is 16.9. The molecule has 0 saturated heterocycles. The summed E-state index contributed by atoms with van der Waals surface area (Å²) in [5, 5.41) is 2.90. The molecule has 0 heterocycles. The van der Waals surface area contributed by atoms with Gasteiger partial charge in [-0.2, -0.15) is 0 Å². The molecule has 0 spiro atoms. The first kappa shape index (κ1) is 17.4. The molecule has 0 radical (unpaired) electrons. The highest BCUT2D eigenvalue weighted by molar-refractivity contribution is 6.19. The molecule has 122 valence electrons. The lowest BCUT2D eigenvalue weighted by Gasteiger charge is -2.20. The van der Waals surface area contributed by atoms with Crippen molar-refractivity contribution in [2.24, 2.45) is 5.41 Å². The van der Waals surface area contributed by atoms with Crippen LogP contribution in [0.15, 0.2) is 48.5 Å². The summed E-state index contributed by atoms with van der Waals surface area (Å²) in [6.07, 6.45) is 0. The fourth-order valence-electron chi connectivity index (χ4n) is 1.96. The van der Waals surface area contributed by atoms with Gasteiger partial charge in [-0.1, -0.05) is 30.3 Å². The van der Waals surface area contributed by atoms with Gasteiger partial charge < -0.3 is 10.1 Å². The van der Waals surface area contributed by atoms with Gasteiger partial charge in [0.15, 0.2) is 0 Å². The Balaban J connectivity index is 1.95. The average Bonchev–Trinajstić information content (AvgIpc) is 2.56. The topological polar surface area (TPSA) is 38.3 Å². The van der Waals surface area contributed by atoms with Gasteiger partial charge in [-0.25, -0.2) is 0 Å². The van der Waals surface area contributed by atoms with Gasteiger partial charge in [-0.3, -0.25) is 4.79 Å². The van der Waals surface area contributed by atoms with E-state index in [-0.39, 0.29) is 5.91 Å². The van der Waals surface area contributed by atoms with Crippen molar-refractivity contribution in [3.05, 3.63) is 59.7 Å². The van der Waals surface area contributed by atoms with E-state index in [0.717, 1.165) is 22.6 Å². The highest BCUT2D eigenvalue weighted by Gasteiger charge is 2.25. The fraction of sp³-hybridized carbons (Fsp3) is 0.316. The zero-order valence-electron chi connectivity index (χ0n) is 13.7. The first-order valence-corrected chi connectivity index (χ1v) is 8.12. The Bertz CT molecular complexity index is 665. The van der Waals surface area contributed by atoms with E-state index in [1.54, 1.807) is 0 Å². The second kappa shape index (κ2) is 7.51. The Morgan fingerprint density at radius 1 is 1.13 bits per heavy atom. The van der Waals surface area contributed by atoms with Crippen LogP contribution in [0.2, 0.25) is 0 Å². The van der Waals surface area contributed by atoms with Crippen molar-refractivity contribution in [1.82, 2.24) is 5.32 Å². The van der Waals surface area contributed by atoms with Crippen molar-refractivity contribution >= 4 is 17.5 Å². The van der Waals surface area contributed by atoms with Crippen LogP contribution in [0.5, 0.6) is 11.5 Å². The van der Waals surface area contributed by atoms with Crippen molar-refractivity contribution in [2.45, 2.75) is 27.3 Å². The molecule has 0 aliphatic heterocycles. The number of benzene rings is 2. The summed E-state index contributed by atoms with van der Waals surface area (Å²) in [6, 6.07) is 15.6. The first-order valence-electron chi connectivity index (χ1n) is 7.59. The van der Waals surface area contributed by atoms with Crippen molar-refractivity contribution in [3.63, 3.8) is 0 Å². The van der Waals surface area contributed by atoms with Gasteiger partial charge in [0.1, 0.15) is 11.5 Å². The van der Waals surface area contributed by atoms with Crippen LogP contribution >= 0.6 is 11.6 Å². The number of rotatable bonds is 6. The molecule has 0 aromatic heterocycles. The Morgan fingerprint density at radius 3 is 2.39 bits per heavy atom. The van der Waals surface area contributed by atoms with E-state index in [2.05, 4.69) is 5.32 Å². The van der Waals surface area contributed by atoms with Crippen molar-refractivity contribution in [2.75, 3.05) is 5.88 Å². The van der Waals surface area contributed by atoms with E-state index in [1.165, 1.54) is 0 Å². The molecule has 3 nitrogen and oxygen atoms in total. The number of para-hydroxylation sites is 1. The van der Waals surface area contributed by atoms with Crippen LogP contribution < -0.4 is 10.1 Å². The molecule has 23 heavy (non-hydrogen) atoms. The third kappa shape index (κ3) is 4.73. The summed E-state index contributed by atoms with van der Waals surface area (Å²) in [5.41, 5.74) is 1.54. The summed E-state index contributed by atoms with van der Waals surface area (Å²) in [6.45, 7) is 6.14. The third-order valence-corrected chi connectivity index (χ3v) is 4.31.